The van der Waals surface area contributed by atoms with E-state index in [2.05, 4.69) is 54.5 Å². The number of amides is 6. The van der Waals surface area contributed by atoms with Gasteiger partial charge in [0.1, 0.15) is 47.1 Å². The van der Waals surface area contributed by atoms with Gasteiger partial charge in [0, 0.05) is 22.0 Å². The highest BCUT2D eigenvalue weighted by atomic mass is 32.2. The quantitative estimate of drug-likeness (QED) is 0.0307. The molecule has 0 spiro atoms. The monoisotopic (exact) mass is 1110 g/mol. The first kappa shape index (κ1) is 63.4. The smallest absolute Gasteiger partial charge is 0.329 e. The van der Waals surface area contributed by atoms with Gasteiger partial charge in [0.2, 0.25) is 11.8 Å². The second-order valence-corrected chi connectivity index (χ2v) is 20.9. The highest BCUT2D eigenvalue weighted by Crippen LogP contribution is 2.20. The first-order valence-corrected chi connectivity index (χ1v) is 28.5. The van der Waals surface area contributed by atoms with Crippen molar-refractivity contribution in [2.45, 2.75) is 134 Å². The van der Waals surface area contributed by atoms with Crippen LogP contribution in [-0.4, -0.2) is 111 Å². The minimum atomic E-state index is -1.03. The Kier molecular flexibility index (Phi) is 28.1. The fourth-order valence-electron chi connectivity index (χ4n) is 6.81. The van der Waals surface area contributed by atoms with Crippen LogP contribution in [0.5, 0.6) is 0 Å². The van der Waals surface area contributed by atoms with Crippen LogP contribution in [0.4, 0.5) is 0 Å². The summed E-state index contributed by atoms with van der Waals surface area (Å²) in [4.78, 5) is 125. The van der Waals surface area contributed by atoms with E-state index in [0.717, 1.165) is 16.2 Å². The van der Waals surface area contributed by atoms with E-state index < -0.39 is 59.9 Å². The number of cyclic esters (lactones) is 2. The van der Waals surface area contributed by atoms with E-state index >= 15 is 0 Å². The number of thiol groups is 1. The summed E-state index contributed by atoms with van der Waals surface area (Å²) in [7, 11) is 0. The summed E-state index contributed by atoms with van der Waals surface area (Å²) in [6, 6.07) is 4.72. The third-order valence-electron chi connectivity index (χ3n) is 10.9. The number of hydrogen-bond donors (Lipinski definition) is 7. The van der Waals surface area contributed by atoms with Crippen molar-refractivity contribution >= 4 is 100 Å². The summed E-state index contributed by atoms with van der Waals surface area (Å²) in [6.45, 7) is 12.3. The van der Waals surface area contributed by atoms with Crippen molar-refractivity contribution in [3.63, 3.8) is 0 Å². The number of ether oxygens (including phenoxy) is 2. The standard InChI is InChI=1S/C28H38N4O6S2.C24H32N4O5S2/c1-6-10-24(34)40-12-9-8-11-19-14-23(33)29-16-18-13-20(39-5)15-22(30-18)27(36)31-21(7-2)26(35)32-25(17(3)4)28(37)38-19;1-5-18-22(30)28-21(14(2)3)24(32)33-16(8-6-7-9-34)11-20(29)25-13-15-10-17(35-4)12-19(26-15)23(31)27-18/h7-8,11,13,15,17,19,25H,6,9-10,12,14,16H2,1-5H3,(H,29,33)(H,31,36)(H,32,35);5-6,8,10,12,14,16,21,34H,7,9,11,13H2,1-4H3,(H,25,29)(H,27,31)(H,28,30)/b11-8+,21-7-;8-6+,18-5-/t19-,25+;16-,21+/m11/s1. The molecule has 2 aromatic heterocycles. The summed E-state index contributed by atoms with van der Waals surface area (Å²) >= 11 is 8.25. The van der Waals surface area contributed by atoms with Gasteiger partial charge in [0.05, 0.1) is 37.3 Å². The largest absolute Gasteiger partial charge is 0.456 e. The highest BCUT2D eigenvalue weighted by molar-refractivity contribution is 8.13. The molecule has 6 N–H and O–H groups in total. The molecule has 4 heterocycles. The molecule has 19 nitrogen and oxygen atoms in total. The molecule has 23 heteroatoms. The minimum Gasteiger partial charge on any atom is -0.456 e. The molecule has 6 amide bonds. The van der Waals surface area contributed by atoms with Crippen LogP contribution in [0.1, 0.15) is 119 Å². The lowest BCUT2D eigenvalue weighted by atomic mass is 10.0. The van der Waals surface area contributed by atoms with Gasteiger partial charge in [-0.3, -0.25) is 33.6 Å². The Labute approximate surface area is 457 Å². The Bertz CT molecular complexity index is 2500. The number of nitrogens with one attached hydrogen (secondary N) is 6. The third-order valence-corrected chi connectivity index (χ3v) is 13.5. The summed E-state index contributed by atoms with van der Waals surface area (Å²) in [5, 5.41) is 16.1. The van der Waals surface area contributed by atoms with Gasteiger partial charge in [-0.15, -0.1) is 23.5 Å². The lowest BCUT2D eigenvalue weighted by Crippen LogP contribution is -2.48. The molecule has 0 saturated carbocycles. The van der Waals surface area contributed by atoms with Gasteiger partial charge in [-0.05, 0) is 99.6 Å². The highest BCUT2D eigenvalue weighted by Gasteiger charge is 2.32. The van der Waals surface area contributed by atoms with Gasteiger partial charge >= 0.3 is 11.9 Å². The number of pyridine rings is 2. The van der Waals surface area contributed by atoms with Crippen molar-refractivity contribution in [1.29, 1.82) is 0 Å². The molecule has 2 aliphatic rings. The molecule has 4 rings (SSSR count). The summed E-state index contributed by atoms with van der Waals surface area (Å²) < 4.78 is 11.3. The molecule has 0 unspecified atom stereocenters. The third kappa shape index (κ3) is 22.1. The van der Waals surface area contributed by atoms with Gasteiger partial charge < -0.3 is 41.4 Å². The van der Waals surface area contributed by atoms with Crippen LogP contribution in [0.15, 0.2) is 81.9 Å². The molecule has 2 aromatic rings. The molecular formula is C52H70N8O11S4. The van der Waals surface area contributed by atoms with Gasteiger partial charge in [0.15, 0.2) is 5.12 Å². The number of carbonyl (C=O) groups excluding carboxylic acids is 9. The van der Waals surface area contributed by atoms with Gasteiger partial charge in [0.25, 0.3) is 23.6 Å². The van der Waals surface area contributed by atoms with Gasteiger partial charge in [-0.25, -0.2) is 19.6 Å². The van der Waals surface area contributed by atoms with Crippen LogP contribution in [0, 0.1) is 11.8 Å². The molecule has 0 fully saturated rings. The van der Waals surface area contributed by atoms with Crippen molar-refractivity contribution in [2.75, 3.05) is 24.0 Å². The summed E-state index contributed by atoms with van der Waals surface area (Å²) in [6.07, 6.45) is 14.0. The van der Waals surface area contributed by atoms with Crippen LogP contribution < -0.4 is 31.9 Å². The Morgan fingerprint density at radius 1 is 0.680 bits per heavy atom. The fraction of sp³-hybridized carbons (Fsp3) is 0.481. The van der Waals surface area contributed by atoms with Gasteiger partial charge in [-0.2, -0.15) is 12.6 Å². The van der Waals surface area contributed by atoms with Gasteiger partial charge in [-0.1, -0.05) is 70.7 Å². The number of nitrogens with zero attached hydrogens (tertiary/aromatic N) is 2. The second-order valence-electron chi connectivity index (χ2n) is 17.5. The predicted molar refractivity (Wildman–Crippen MR) is 294 cm³/mol. The van der Waals surface area contributed by atoms with Crippen molar-refractivity contribution < 1.29 is 52.6 Å². The maximum Gasteiger partial charge on any atom is 0.329 e. The fourth-order valence-corrected chi connectivity index (χ4v) is 8.76. The lowest BCUT2D eigenvalue weighted by molar-refractivity contribution is -0.153. The maximum atomic E-state index is 13.2. The number of hydrogen-bond acceptors (Lipinski definition) is 17. The zero-order chi connectivity index (χ0) is 55.6. The number of rotatable bonds is 13. The van der Waals surface area contributed by atoms with E-state index in [1.807, 2.05) is 19.4 Å². The molecule has 4 atom stereocenters. The summed E-state index contributed by atoms with van der Waals surface area (Å²) in [5.74, 6) is -4.05. The van der Waals surface area contributed by atoms with E-state index in [-0.39, 0.29) is 77.5 Å². The van der Waals surface area contributed by atoms with Crippen molar-refractivity contribution in [3.8, 4) is 0 Å². The van der Waals surface area contributed by atoms with E-state index in [1.165, 1.54) is 47.4 Å². The molecule has 0 radical (unpaired) electrons. The SMILES string of the molecule is C/C=C1\NC(=O)c2cc(SC)cc(n2)CNC(=O)C[C@@H](/C=C/CCS)OC(=O)[C@H](C(C)C)NC1=O.C/C=C1\NC(=O)c2cc(SC)cc(n2)CNC(=O)C[C@@H](/C=C/CCSC(=O)CCC)OC(=O)[C@H](C(C)C)NC1=O. The van der Waals surface area contributed by atoms with E-state index in [1.54, 1.807) is 90.1 Å². The van der Waals surface area contributed by atoms with E-state index in [9.17, 15) is 43.2 Å². The van der Waals surface area contributed by atoms with Crippen LogP contribution in [-0.2, 0) is 56.1 Å². The zero-order valence-corrected chi connectivity index (χ0v) is 47.2. The zero-order valence-electron chi connectivity index (χ0n) is 43.9. The first-order chi connectivity index (χ1) is 35.7. The van der Waals surface area contributed by atoms with Crippen molar-refractivity contribution in [1.82, 2.24) is 41.9 Å². The molecule has 0 aliphatic carbocycles. The number of fused-ring (bicyclic) bond motifs is 4. The molecule has 408 valence electrons. The van der Waals surface area contributed by atoms with Crippen LogP contribution in [0.3, 0.4) is 0 Å². The average molecular weight is 1110 g/mol. The number of aromatic nitrogens is 2. The molecular weight excluding hydrogens is 1040 g/mol. The average Bonchev–Trinajstić information content (AvgIpc) is 3.37. The Morgan fingerprint density at radius 2 is 1.11 bits per heavy atom. The molecule has 0 saturated heterocycles. The van der Waals surface area contributed by atoms with E-state index in [0.29, 0.717) is 42.2 Å². The number of esters is 2. The number of thioether (sulfide) groups is 3. The molecule has 4 bridgehead atoms. The van der Waals surface area contributed by atoms with E-state index in [4.69, 9.17) is 9.47 Å². The Hall–Kier alpha value is -5.91. The number of carbonyl (C=O) groups is 9. The van der Waals surface area contributed by atoms with Crippen LogP contribution >= 0.6 is 47.9 Å². The summed E-state index contributed by atoms with van der Waals surface area (Å²) in [5.41, 5.74) is 1.08. The van der Waals surface area contributed by atoms with Crippen molar-refractivity contribution in [3.05, 3.63) is 94.9 Å². The topological polar surface area (TPSA) is 270 Å². The lowest BCUT2D eigenvalue weighted by Gasteiger charge is -2.24. The second kappa shape index (κ2) is 33.2. The Balaban J connectivity index is 0.000000399. The predicted octanol–water partition coefficient (Wildman–Crippen LogP) is 5.90. The molecule has 75 heavy (non-hydrogen) atoms. The normalized spacial score (nSPS) is 20.9. The first-order valence-electron chi connectivity index (χ1n) is 24.5. The van der Waals surface area contributed by atoms with Crippen molar-refractivity contribution in [2.24, 2.45) is 11.8 Å². The van der Waals surface area contributed by atoms with Crippen LogP contribution in [0.25, 0.3) is 0 Å². The number of allylic oxidation sites excluding steroid dienone is 4. The minimum absolute atomic E-state index is 0.0167. The van der Waals surface area contributed by atoms with Crippen LogP contribution in [0.2, 0.25) is 0 Å². The maximum absolute atomic E-state index is 13.2. The Morgan fingerprint density at radius 3 is 1.48 bits per heavy atom. The molecule has 2 aliphatic heterocycles. The molecule has 0 aromatic carbocycles.